The van der Waals surface area contributed by atoms with Crippen LogP contribution in [0, 0.1) is 17.0 Å². The number of anilines is 1. The van der Waals surface area contributed by atoms with Gasteiger partial charge in [-0.3, -0.25) is 9.78 Å². The number of aromatic nitrogens is 1. The number of hydrogen-bond acceptors (Lipinski definition) is 5. The smallest absolute Gasteiger partial charge is 0.255 e. The number of allylic oxidation sites excluding steroid dienone is 1. The van der Waals surface area contributed by atoms with Crippen molar-refractivity contribution in [3.05, 3.63) is 94.8 Å². The van der Waals surface area contributed by atoms with Crippen LogP contribution in [-0.4, -0.2) is 23.7 Å². The summed E-state index contributed by atoms with van der Waals surface area (Å²) in [6, 6.07) is 11.5. The first-order valence-electron chi connectivity index (χ1n) is 9.27. The number of carbonyl (C=O) groups is 1. The van der Waals surface area contributed by atoms with Crippen LogP contribution >= 0.6 is 0 Å². The second-order valence-electron chi connectivity index (χ2n) is 6.53. The van der Waals surface area contributed by atoms with Gasteiger partial charge in [-0.25, -0.2) is 8.78 Å². The standard InChI is InChI=1S/C23H20F2N4O2/c1-31-22-17(23(30)29-13-16-4-2-3-11-28-16)8-10-20(27)21(22)19(26)9-6-14-5-7-15(24)12-18(14)25/h2-12,26H,13,27H2,1H3,(H,29,30)/b9-6+,26-19?. The monoisotopic (exact) mass is 422 g/mol. The minimum absolute atomic E-state index is 0.0996. The number of carbonyl (C=O) groups excluding carboxylic acids is 1. The highest BCUT2D eigenvalue weighted by Gasteiger charge is 2.20. The Morgan fingerprint density at radius 1 is 1.23 bits per heavy atom. The number of nitrogen functional groups attached to an aromatic ring is 1. The Labute approximate surface area is 177 Å². The van der Waals surface area contributed by atoms with Gasteiger partial charge in [-0.15, -0.1) is 0 Å². The van der Waals surface area contributed by atoms with Crippen molar-refractivity contribution in [3.63, 3.8) is 0 Å². The summed E-state index contributed by atoms with van der Waals surface area (Å²) in [7, 11) is 1.37. The molecule has 0 saturated carbocycles. The van der Waals surface area contributed by atoms with Crippen LogP contribution in [0.25, 0.3) is 6.08 Å². The first-order chi connectivity index (χ1) is 14.9. The van der Waals surface area contributed by atoms with Gasteiger partial charge >= 0.3 is 0 Å². The zero-order valence-corrected chi connectivity index (χ0v) is 16.7. The summed E-state index contributed by atoms with van der Waals surface area (Å²) in [4.78, 5) is 16.9. The Morgan fingerprint density at radius 2 is 2.03 bits per heavy atom. The highest BCUT2D eigenvalue weighted by atomic mass is 19.1. The van der Waals surface area contributed by atoms with Crippen molar-refractivity contribution < 1.29 is 18.3 Å². The van der Waals surface area contributed by atoms with Gasteiger partial charge in [-0.2, -0.15) is 0 Å². The molecule has 4 N–H and O–H groups in total. The maximum atomic E-state index is 13.9. The number of pyridine rings is 1. The van der Waals surface area contributed by atoms with Crippen LogP contribution in [0.1, 0.15) is 27.2 Å². The third-order valence-electron chi connectivity index (χ3n) is 4.46. The second kappa shape index (κ2) is 9.62. The number of methoxy groups -OCH3 is 1. The number of amides is 1. The fourth-order valence-corrected chi connectivity index (χ4v) is 2.93. The number of nitrogens with zero attached hydrogens (tertiary/aromatic N) is 1. The molecule has 0 unspecified atom stereocenters. The predicted octanol–water partition coefficient (Wildman–Crippen LogP) is 3.96. The van der Waals surface area contributed by atoms with Crippen LogP contribution in [-0.2, 0) is 6.54 Å². The van der Waals surface area contributed by atoms with E-state index in [9.17, 15) is 13.6 Å². The quantitative estimate of drug-likeness (QED) is 0.396. The molecule has 2 aromatic carbocycles. The number of benzene rings is 2. The molecule has 1 aromatic heterocycles. The van der Waals surface area contributed by atoms with E-state index < -0.39 is 17.5 Å². The van der Waals surface area contributed by atoms with Gasteiger partial charge in [0.15, 0.2) is 0 Å². The number of nitrogens with two attached hydrogens (primary N) is 1. The first-order valence-corrected chi connectivity index (χ1v) is 9.27. The highest BCUT2D eigenvalue weighted by molar-refractivity contribution is 6.15. The molecule has 0 spiro atoms. The Balaban J connectivity index is 1.87. The molecule has 0 aliphatic heterocycles. The Bertz CT molecular complexity index is 1150. The lowest BCUT2D eigenvalue weighted by Gasteiger charge is -2.15. The van der Waals surface area contributed by atoms with Gasteiger partial charge in [0.1, 0.15) is 17.4 Å². The number of halogens is 2. The molecule has 0 aliphatic rings. The first kappa shape index (κ1) is 21.6. The molecule has 0 radical (unpaired) electrons. The van der Waals surface area contributed by atoms with Crippen molar-refractivity contribution >= 4 is 23.4 Å². The van der Waals surface area contributed by atoms with Crippen molar-refractivity contribution in [2.24, 2.45) is 0 Å². The number of nitrogens with one attached hydrogen (secondary N) is 2. The molecular formula is C23H20F2N4O2. The third kappa shape index (κ3) is 5.11. The molecule has 6 nitrogen and oxygen atoms in total. The Morgan fingerprint density at radius 3 is 2.71 bits per heavy atom. The van der Waals surface area contributed by atoms with Crippen molar-refractivity contribution in [1.82, 2.24) is 10.3 Å². The summed E-state index contributed by atoms with van der Waals surface area (Å²) in [5.41, 5.74) is 7.31. The summed E-state index contributed by atoms with van der Waals surface area (Å²) in [6.07, 6.45) is 4.25. The van der Waals surface area contributed by atoms with Crippen LogP contribution in [0.4, 0.5) is 14.5 Å². The van der Waals surface area contributed by atoms with Gasteiger partial charge in [-0.1, -0.05) is 6.07 Å². The SMILES string of the molecule is COc1c(C(=O)NCc2ccccn2)ccc(N)c1C(=N)/C=C/c1ccc(F)cc1F. The topological polar surface area (TPSA) is 101 Å². The third-order valence-corrected chi connectivity index (χ3v) is 4.46. The molecule has 1 amide bonds. The molecule has 0 atom stereocenters. The molecule has 31 heavy (non-hydrogen) atoms. The van der Waals surface area contributed by atoms with Crippen molar-refractivity contribution in [3.8, 4) is 5.75 Å². The summed E-state index contributed by atoms with van der Waals surface area (Å²) < 4.78 is 32.3. The van der Waals surface area contributed by atoms with Crippen molar-refractivity contribution in [1.29, 1.82) is 5.41 Å². The summed E-state index contributed by atoms with van der Waals surface area (Å²) >= 11 is 0. The number of ether oxygens (including phenoxy) is 1. The van der Waals surface area contributed by atoms with E-state index in [-0.39, 0.29) is 40.4 Å². The van der Waals surface area contributed by atoms with Gasteiger partial charge in [0, 0.05) is 23.5 Å². The van der Waals surface area contributed by atoms with Gasteiger partial charge in [-0.05, 0) is 48.6 Å². The number of hydrogen-bond donors (Lipinski definition) is 3. The van der Waals surface area contributed by atoms with E-state index in [4.69, 9.17) is 15.9 Å². The molecule has 158 valence electrons. The fraction of sp³-hybridized carbons (Fsp3) is 0.0870. The number of rotatable bonds is 7. The lowest BCUT2D eigenvalue weighted by atomic mass is 10.0. The molecule has 3 rings (SSSR count). The molecule has 1 heterocycles. The van der Waals surface area contributed by atoms with E-state index in [2.05, 4.69) is 10.3 Å². The average Bonchev–Trinajstić information content (AvgIpc) is 2.77. The molecule has 8 heteroatoms. The summed E-state index contributed by atoms with van der Waals surface area (Å²) in [6.45, 7) is 0.212. The fourth-order valence-electron chi connectivity index (χ4n) is 2.93. The van der Waals surface area contributed by atoms with Crippen LogP contribution < -0.4 is 15.8 Å². The van der Waals surface area contributed by atoms with Gasteiger partial charge in [0.25, 0.3) is 5.91 Å². The molecular weight excluding hydrogens is 402 g/mol. The van der Waals surface area contributed by atoms with E-state index in [0.29, 0.717) is 5.69 Å². The Kier molecular flexibility index (Phi) is 6.71. The van der Waals surface area contributed by atoms with E-state index in [0.717, 1.165) is 12.1 Å². The van der Waals surface area contributed by atoms with Crippen LogP contribution in [0.3, 0.4) is 0 Å². The zero-order chi connectivity index (χ0) is 22.4. The van der Waals surface area contributed by atoms with E-state index in [1.165, 1.54) is 37.5 Å². The van der Waals surface area contributed by atoms with Crippen LogP contribution in [0.15, 0.2) is 60.8 Å². The largest absolute Gasteiger partial charge is 0.495 e. The molecule has 0 fully saturated rings. The normalized spacial score (nSPS) is 10.8. The van der Waals surface area contributed by atoms with E-state index in [1.807, 2.05) is 6.07 Å². The van der Waals surface area contributed by atoms with Crippen LogP contribution in [0.2, 0.25) is 0 Å². The lowest BCUT2D eigenvalue weighted by Crippen LogP contribution is -2.24. The molecule has 0 saturated heterocycles. The summed E-state index contributed by atoms with van der Waals surface area (Å²) in [5, 5.41) is 11.1. The van der Waals surface area contributed by atoms with Gasteiger partial charge in [0.2, 0.25) is 0 Å². The molecule has 0 bridgehead atoms. The second-order valence-corrected chi connectivity index (χ2v) is 6.53. The van der Waals surface area contributed by atoms with E-state index >= 15 is 0 Å². The minimum Gasteiger partial charge on any atom is -0.495 e. The van der Waals surface area contributed by atoms with Gasteiger partial charge < -0.3 is 21.2 Å². The summed E-state index contributed by atoms with van der Waals surface area (Å²) in [5.74, 6) is -1.76. The highest BCUT2D eigenvalue weighted by Crippen LogP contribution is 2.30. The van der Waals surface area contributed by atoms with Crippen molar-refractivity contribution in [2.75, 3.05) is 12.8 Å². The average molecular weight is 422 g/mol. The molecule has 0 aliphatic carbocycles. The zero-order valence-electron chi connectivity index (χ0n) is 16.7. The predicted molar refractivity (Wildman–Crippen MR) is 115 cm³/mol. The molecule has 3 aromatic rings. The minimum atomic E-state index is -0.758. The van der Waals surface area contributed by atoms with Crippen molar-refractivity contribution in [2.45, 2.75) is 6.54 Å². The Hall–Kier alpha value is -4.07. The van der Waals surface area contributed by atoms with Gasteiger partial charge in [0.05, 0.1) is 36.2 Å². The van der Waals surface area contributed by atoms with Crippen LogP contribution in [0.5, 0.6) is 5.75 Å². The maximum absolute atomic E-state index is 13.9. The maximum Gasteiger partial charge on any atom is 0.255 e. The lowest BCUT2D eigenvalue weighted by molar-refractivity contribution is 0.0947. The van der Waals surface area contributed by atoms with E-state index in [1.54, 1.807) is 18.3 Å².